The molecule has 4 N–H and O–H groups in total. The molecule has 0 bridgehead atoms. The number of benzene rings is 1. The van der Waals surface area contributed by atoms with E-state index in [-0.39, 0.29) is 16.8 Å². The number of nitriles is 1. The van der Waals surface area contributed by atoms with Crippen molar-refractivity contribution in [3.05, 3.63) is 29.3 Å². The first kappa shape index (κ1) is 12.5. The molecule has 6 heteroatoms. The minimum absolute atomic E-state index is 0.151. The fourth-order valence-corrected chi connectivity index (χ4v) is 1.37. The molecule has 1 amide bonds. The Balaban J connectivity index is 3.18. The van der Waals surface area contributed by atoms with Crippen molar-refractivity contribution in [3.8, 4) is 6.07 Å². The van der Waals surface area contributed by atoms with Gasteiger partial charge in [-0.1, -0.05) is 6.07 Å². The monoisotopic (exact) mass is 233 g/mol. The lowest BCUT2D eigenvalue weighted by molar-refractivity contribution is -0.118. The number of nitrogen functional groups attached to an aromatic ring is 1. The van der Waals surface area contributed by atoms with Crippen LogP contribution in [0.1, 0.15) is 21.8 Å². The van der Waals surface area contributed by atoms with Crippen molar-refractivity contribution in [1.29, 1.82) is 5.26 Å². The third-order valence-electron chi connectivity index (χ3n) is 2.23. The molecule has 0 heterocycles. The molecular formula is C11H11N3O3. The molecule has 1 aromatic carbocycles. The lowest BCUT2D eigenvalue weighted by Crippen LogP contribution is -2.21. The van der Waals surface area contributed by atoms with Gasteiger partial charge in [-0.2, -0.15) is 5.26 Å². The molecule has 1 rings (SSSR count). The van der Waals surface area contributed by atoms with Crippen LogP contribution >= 0.6 is 0 Å². The highest BCUT2D eigenvalue weighted by Crippen LogP contribution is 2.23. The zero-order valence-electron chi connectivity index (χ0n) is 9.14. The van der Waals surface area contributed by atoms with Crippen molar-refractivity contribution in [2.45, 2.75) is 5.92 Å². The molecule has 1 atom stereocenters. The Kier molecular flexibility index (Phi) is 3.67. The van der Waals surface area contributed by atoms with Crippen LogP contribution in [-0.2, 0) is 9.53 Å². The van der Waals surface area contributed by atoms with E-state index >= 15 is 0 Å². The van der Waals surface area contributed by atoms with Gasteiger partial charge in [-0.15, -0.1) is 0 Å². The zero-order valence-corrected chi connectivity index (χ0v) is 9.14. The number of amides is 1. The SMILES string of the molecule is COC(=O)c1ccc([C@@H](C#N)C(N)=O)c(N)c1. The Labute approximate surface area is 97.8 Å². The van der Waals surface area contributed by atoms with Crippen LogP contribution in [0.5, 0.6) is 0 Å². The van der Waals surface area contributed by atoms with Crippen molar-refractivity contribution >= 4 is 17.6 Å². The number of esters is 1. The van der Waals surface area contributed by atoms with Gasteiger partial charge < -0.3 is 16.2 Å². The third-order valence-corrected chi connectivity index (χ3v) is 2.23. The normalized spacial score (nSPS) is 11.3. The van der Waals surface area contributed by atoms with Crippen LogP contribution in [0.4, 0.5) is 5.69 Å². The molecule has 0 aliphatic carbocycles. The second-order valence-corrected chi connectivity index (χ2v) is 3.30. The van der Waals surface area contributed by atoms with Crippen LogP contribution in [0.25, 0.3) is 0 Å². The number of carbonyl (C=O) groups is 2. The predicted molar refractivity (Wildman–Crippen MR) is 59.7 cm³/mol. The number of hydrogen-bond acceptors (Lipinski definition) is 5. The first-order valence-electron chi connectivity index (χ1n) is 4.68. The summed E-state index contributed by atoms with van der Waals surface area (Å²) in [5.41, 5.74) is 11.4. The van der Waals surface area contributed by atoms with Crippen molar-refractivity contribution in [1.82, 2.24) is 0 Å². The van der Waals surface area contributed by atoms with E-state index in [1.54, 1.807) is 6.07 Å². The van der Waals surface area contributed by atoms with Crippen molar-refractivity contribution in [3.63, 3.8) is 0 Å². The Hall–Kier alpha value is -2.55. The van der Waals surface area contributed by atoms with Gasteiger partial charge in [-0.25, -0.2) is 4.79 Å². The number of primary amides is 1. The molecule has 0 spiro atoms. The van der Waals surface area contributed by atoms with Gasteiger partial charge in [0.1, 0.15) is 0 Å². The number of nitrogens with two attached hydrogens (primary N) is 2. The quantitative estimate of drug-likeness (QED) is 0.568. The average Bonchev–Trinajstić information content (AvgIpc) is 2.30. The van der Waals surface area contributed by atoms with Crippen molar-refractivity contribution < 1.29 is 14.3 Å². The van der Waals surface area contributed by atoms with Gasteiger partial charge in [-0.05, 0) is 12.1 Å². The first-order chi connectivity index (χ1) is 8.01. The minimum Gasteiger partial charge on any atom is -0.465 e. The number of carbonyl (C=O) groups excluding carboxylic acids is 2. The predicted octanol–water partition coefficient (Wildman–Crippen LogP) is 0.148. The molecule has 0 aromatic heterocycles. The van der Waals surface area contributed by atoms with E-state index in [4.69, 9.17) is 16.7 Å². The van der Waals surface area contributed by atoms with E-state index in [1.807, 2.05) is 0 Å². The van der Waals surface area contributed by atoms with Crippen LogP contribution < -0.4 is 11.5 Å². The summed E-state index contributed by atoms with van der Waals surface area (Å²) in [7, 11) is 1.24. The lowest BCUT2D eigenvalue weighted by Gasteiger charge is -2.09. The van der Waals surface area contributed by atoms with Crippen molar-refractivity contribution in [2.24, 2.45) is 5.73 Å². The van der Waals surface area contributed by atoms with Gasteiger partial charge in [0.05, 0.1) is 18.7 Å². The van der Waals surface area contributed by atoms with Gasteiger partial charge in [0.2, 0.25) is 5.91 Å². The molecule has 0 fully saturated rings. The fraction of sp³-hybridized carbons (Fsp3) is 0.182. The highest BCUT2D eigenvalue weighted by molar-refractivity contribution is 5.92. The Bertz CT molecular complexity index is 505. The largest absolute Gasteiger partial charge is 0.465 e. The molecule has 88 valence electrons. The molecule has 0 saturated carbocycles. The summed E-state index contributed by atoms with van der Waals surface area (Å²) in [6.45, 7) is 0. The van der Waals surface area contributed by atoms with Crippen LogP contribution in [0.2, 0.25) is 0 Å². The number of rotatable bonds is 3. The molecule has 0 saturated heterocycles. The molecule has 1 aromatic rings. The highest BCUT2D eigenvalue weighted by Gasteiger charge is 2.20. The Morgan fingerprint density at radius 1 is 1.47 bits per heavy atom. The fourth-order valence-electron chi connectivity index (χ4n) is 1.37. The summed E-state index contributed by atoms with van der Waals surface area (Å²) < 4.78 is 4.51. The van der Waals surface area contributed by atoms with E-state index in [0.29, 0.717) is 0 Å². The number of methoxy groups -OCH3 is 1. The lowest BCUT2D eigenvalue weighted by atomic mass is 9.97. The van der Waals surface area contributed by atoms with Crippen LogP contribution in [0.15, 0.2) is 18.2 Å². The molecule has 0 aliphatic heterocycles. The highest BCUT2D eigenvalue weighted by atomic mass is 16.5. The van der Waals surface area contributed by atoms with Crippen LogP contribution in [0.3, 0.4) is 0 Å². The Morgan fingerprint density at radius 2 is 2.12 bits per heavy atom. The average molecular weight is 233 g/mol. The number of hydrogen-bond donors (Lipinski definition) is 2. The number of nitrogens with zero attached hydrogens (tertiary/aromatic N) is 1. The second-order valence-electron chi connectivity index (χ2n) is 3.30. The minimum atomic E-state index is -1.12. The first-order valence-corrected chi connectivity index (χ1v) is 4.68. The molecule has 0 aliphatic rings. The molecule has 6 nitrogen and oxygen atoms in total. The maximum Gasteiger partial charge on any atom is 0.337 e. The van der Waals surface area contributed by atoms with E-state index in [1.165, 1.54) is 25.3 Å². The summed E-state index contributed by atoms with van der Waals surface area (Å²) >= 11 is 0. The van der Waals surface area contributed by atoms with Crippen LogP contribution in [-0.4, -0.2) is 19.0 Å². The summed E-state index contributed by atoms with van der Waals surface area (Å²) in [5, 5.41) is 8.80. The zero-order chi connectivity index (χ0) is 13.0. The smallest absolute Gasteiger partial charge is 0.337 e. The summed E-state index contributed by atoms with van der Waals surface area (Å²) in [6, 6.07) is 5.93. The van der Waals surface area contributed by atoms with E-state index in [0.717, 1.165) is 0 Å². The van der Waals surface area contributed by atoms with E-state index in [2.05, 4.69) is 4.74 Å². The second kappa shape index (κ2) is 4.99. The summed E-state index contributed by atoms with van der Waals surface area (Å²) in [5.74, 6) is -2.46. The molecule has 0 radical (unpaired) electrons. The standard InChI is InChI=1S/C11H11N3O3/c1-17-11(16)6-2-3-7(9(13)4-6)8(5-12)10(14)15/h2-4,8H,13H2,1H3,(H2,14,15)/t8-/m1/s1. The van der Waals surface area contributed by atoms with Gasteiger partial charge in [0.25, 0.3) is 0 Å². The maximum absolute atomic E-state index is 11.2. The van der Waals surface area contributed by atoms with Gasteiger partial charge >= 0.3 is 5.97 Å². The van der Waals surface area contributed by atoms with E-state index < -0.39 is 17.8 Å². The molecule has 0 unspecified atom stereocenters. The third kappa shape index (κ3) is 2.52. The number of anilines is 1. The van der Waals surface area contributed by atoms with Crippen LogP contribution in [0, 0.1) is 11.3 Å². The maximum atomic E-state index is 11.2. The topological polar surface area (TPSA) is 119 Å². The van der Waals surface area contributed by atoms with Gasteiger partial charge in [0.15, 0.2) is 5.92 Å². The van der Waals surface area contributed by atoms with Crippen molar-refractivity contribution in [2.75, 3.05) is 12.8 Å². The molecular weight excluding hydrogens is 222 g/mol. The van der Waals surface area contributed by atoms with E-state index in [9.17, 15) is 9.59 Å². The van der Waals surface area contributed by atoms with Gasteiger partial charge in [0, 0.05) is 11.3 Å². The Morgan fingerprint density at radius 3 is 2.53 bits per heavy atom. The number of ether oxygens (including phenoxy) is 1. The van der Waals surface area contributed by atoms with Gasteiger partial charge in [-0.3, -0.25) is 4.79 Å². The molecule has 17 heavy (non-hydrogen) atoms. The summed E-state index contributed by atoms with van der Waals surface area (Å²) in [4.78, 5) is 22.2. The summed E-state index contributed by atoms with van der Waals surface area (Å²) in [6.07, 6.45) is 0.